The van der Waals surface area contributed by atoms with Crippen LogP contribution in [0.3, 0.4) is 0 Å². The Morgan fingerprint density at radius 1 is 1.28 bits per heavy atom. The van der Waals surface area contributed by atoms with Crippen LogP contribution in [0.1, 0.15) is 10.6 Å². The van der Waals surface area contributed by atoms with Crippen LogP contribution in [0.2, 0.25) is 0 Å². The van der Waals surface area contributed by atoms with Gasteiger partial charge in [-0.25, -0.2) is 4.98 Å². The topological polar surface area (TPSA) is 95.5 Å². The average Bonchev–Trinajstić information content (AvgIpc) is 2.56. The van der Waals surface area contributed by atoms with Gasteiger partial charge in [-0.3, -0.25) is 9.59 Å². The number of carbonyl (C=O) groups excluding carboxylic acids is 1. The summed E-state index contributed by atoms with van der Waals surface area (Å²) in [5, 5.41) is 9.34. The molecule has 10 heteroatoms. The van der Waals surface area contributed by atoms with Crippen molar-refractivity contribution < 1.29 is 27.8 Å². The van der Waals surface area contributed by atoms with Crippen LogP contribution >= 0.6 is 0 Å². The summed E-state index contributed by atoms with van der Waals surface area (Å²) in [5.74, 6) is -0.972. The van der Waals surface area contributed by atoms with E-state index in [-0.39, 0.29) is 25.5 Å². The van der Waals surface area contributed by atoms with Crippen LogP contribution in [0.25, 0.3) is 10.9 Å². The predicted molar refractivity (Wildman–Crippen MR) is 82.2 cm³/mol. The molecule has 2 rings (SSSR count). The number of aliphatic hydroxyl groups excluding tert-OH is 1. The number of para-hydroxylation sites is 1. The molecule has 0 radical (unpaired) electrons. The molecule has 0 spiro atoms. The number of alkyl halides is 3. The molecule has 136 valence electrons. The number of rotatable bonds is 7. The summed E-state index contributed by atoms with van der Waals surface area (Å²) in [5.41, 5.74) is -0.196. The van der Waals surface area contributed by atoms with E-state index < -0.39 is 30.9 Å². The first-order valence-electron chi connectivity index (χ1n) is 7.35. The minimum atomic E-state index is -4.46. The fraction of sp³-hybridized carbons (Fsp3) is 0.400. The number of benzene rings is 1. The maximum absolute atomic E-state index is 12.4. The van der Waals surface area contributed by atoms with Gasteiger partial charge in [0, 0.05) is 13.1 Å². The first-order chi connectivity index (χ1) is 11.8. The molecule has 0 saturated heterocycles. The highest BCUT2D eigenvalue weighted by atomic mass is 19.4. The van der Waals surface area contributed by atoms with Crippen LogP contribution in [0.15, 0.2) is 29.1 Å². The third kappa shape index (κ3) is 5.26. The molecule has 0 unspecified atom stereocenters. The van der Waals surface area contributed by atoms with E-state index in [2.05, 4.69) is 14.7 Å². The monoisotopic (exact) mass is 359 g/mol. The molecule has 0 aliphatic carbocycles. The van der Waals surface area contributed by atoms with Gasteiger partial charge in [0.1, 0.15) is 6.61 Å². The van der Waals surface area contributed by atoms with Gasteiger partial charge in [0.05, 0.1) is 24.1 Å². The van der Waals surface area contributed by atoms with Crippen LogP contribution in [0, 0.1) is 0 Å². The van der Waals surface area contributed by atoms with Crippen molar-refractivity contribution in [3.8, 4) is 0 Å². The number of fused-ring (bicyclic) bond motifs is 1. The van der Waals surface area contributed by atoms with Gasteiger partial charge in [-0.15, -0.1) is 0 Å². The van der Waals surface area contributed by atoms with Crippen LogP contribution in [0.4, 0.5) is 13.2 Å². The number of aliphatic hydroxyl groups is 1. The first-order valence-corrected chi connectivity index (χ1v) is 7.35. The summed E-state index contributed by atoms with van der Waals surface area (Å²) in [6.45, 7) is -2.53. The molecule has 1 aromatic carbocycles. The van der Waals surface area contributed by atoms with Crippen molar-refractivity contribution in [2.45, 2.75) is 6.18 Å². The summed E-state index contributed by atoms with van der Waals surface area (Å²) < 4.78 is 40.6. The average molecular weight is 359 g/mol. The Hall–Kier alpha value is -2.46. The summed E-state index contributed by atoms with van der Waals surface area (Å²) in [4.78, 5) is 31.9. The molecule has 25 heavy (non-hydrogen) atoms. The summed E-state index contributed by atoms with van der Waals surface area (Å²) >= 11 is 0. The Bertz CT molecular complexity index is 791. The zero-order valence-electron chi connectivity index (χ0n) is 13.0. The van der Waals surface area contributed by atoms with Gasteiger partial charge in [0.2, 0.25) is 0 Å². The Labute approximate surface area is 140 Å². The van der Waals surface area contributed by atoms with E-state index in [1.165, 1.54) is 0 Å². The summed E-state index contributed by atoms with van der Waals surface area (Å²) in [7, 11) is 0. The fourth-order valence-corrected chi connectivity index (χ4v) is 2.14. The lowest BCUT2D eigenvalue weighted by molar-refractivity contribution is -0.174. The van der Waals surface area contributed by atoms with E-state index >= 15 is 0 Å². The van der Waals surface area contributed by atoms with Crippen LogP contribution in [-0.4, -0.2) is 65.0 Å². The second-order valence-corrected chi connectivity index (χ2v) is 5.12. The van der Waals surface area contributed by atoms with E-state index in [1.54, 1.807) is 24.3 Å². The Kier molecular flexibility index (Phi) is 6.10. The van der Waals surface area contributed by atoms with Crippen molar-refractivity contribution in [3.05, 3.63) is 40.4 Å². The van der Waals surface area contributed by atoms with Crippen LogP contribution < -0.4 is 5.56 Å². The number of ether oxygens (including phenoxy) is 1. The second kappa shape index (κ2) is 8.08. The normalized spacial score (nSPS) is 11.7. The number of aromatic nitrogens is 2. The van der Waals surface area contributed by atoms with E-state index in [1.807, 2.05) is 0 Å². The quantitative estimate of drug-likeness (QED) is 0.718. The molecule has 0 bridgehead atoms. The number of hydrogen-bond acceptors (Lipinski definition) is 5. The largest absolute Gasteiger partial charge is 0.411 e. The van der Waals surface area contributed by atoms with E-state index in [0.29, 0.717) is 10.9 Å². The van der Waals surface area contributed by atoms with Gasteiger partial charge in [-0.2, -0.15) is 13.2 Å². The highest BCUT2D eigenvalue weighted by Gasteiger charge is 2.27. The number of H-pyrrole nitrogens is 1. The Balaban J connectivity index is 2.12. The molecule has 1 heterocycles. The van der Waals surface area contributed by atoms with Gasteiger partial charge in [0.15, 0.2) is 5.82 Å². The molecule has 0 aliphatic rings. The lowest BCUT2D eigenvalue weighted by atomic mass is 10.2. The van der Waals surface area contributed by atoms with Crippen molar-refractivity contribution in [3.63, 3.8) is 0 Å². The van der Waals surface area contributed by atoms with E-state index in [0.717, 1.165) is 4.90 Å². The lowest BCUT2D eigenvalue weighted by Crippen LogP contribution is -2.38. The SMILES string of the molecule is O=C(c1nc2ccccc2c(=O)[nH]1)N(CCO)CCOCC(F)(F)F. The van der Waals surface area contributed by atoms with Gasteiger partial charge in [-0.1, -0.05) is 12.1 Å². The van der Waals surface area contributed by atoms with E-state index in [4.69, 9.17) is 5.11 Å². The molecule has 1 aromatic heterocycles. The second-order valence-electron chi connectivity index (χ2n) is 5.12. The number of nitrogens with zero attached hydrogens (tertiary/aromatic N) is 2. The minimum Gasteiger partial charge on any atom is -0.395 e. The summed E-state index contributed by atoms with van der Waals surface area (Å²) in [6, 6.07) is 6.41. The Morgan fingerprint density at radius 2 is 2.00 bits per heavy atom. The molecule has 2 aromatic rings. The maximum atomic E-state index is 12.4. The van der Waals surface area contributed by atoms with E-state index in [9.17, 15) is 22.8 Å². The number of halogens is 3. The lowest BCUT2D eigenvalue weighted by Gasteiger charge is -2.21. The first kappa shape index (κ1) is 18.9. The molecule has 0 saturated carbocycles. The third-order valence-corrected chi connectivity index (χ3v) is 3.24. The van der Waals surface area contributed by atoms with Gasteiger partial charge in [0.25, 0.3) is 11.5 Å². The Morgan fingerprint density at radius 3 is 2.68 bits per heavy atom. The molecular formula is C15H16F3N3O4. The molecular weight excluding hydrogens is 343 g/mol. The standard InChI is InChI=1S/C15H16F3N3O4/c16-15(17,18)9-25-8-6-21(5-7-22)14(24)12-19-11-4-2-1-3-10(11)13(23)20-12/h1-4,22H,5-9H2,(H,19,20,23). The molecule has 0 fully saturated rings. The number of aromatic amines is 1. The number of amides is 1. The zero-order valence-corrected chi connectivity index (χ0v) is 13.0. The van der Waals surface area contributed by atoms with Gasteiger partial charge in [-0.05, 0) is 12.1 Å². The van der Waals surface area contributed by atoms with Crippen molar-refractivity contribution in [1.82, 2.24) is 14.9 Å². The maximum Gasteiger partial charge on any atom is 0.411 e. The molecule has 7 nitrogen and oxygen atoms in total. The van der Waals surface area contributed by atoms with Crippen molar-refractivity contribution in [1.29, 1.82) is 0 Å². The van der Waals surface area contributed by atoms with Crippen LogP contribution in [-0.2, 0) is 4.74 Å². The molecule has 0 atom stereocenters. The number of carbonyl (C=O) groups is 1. The fourth-order valence-electron chi connectivity index (χ4n) is 2.14. The van der Waals surface area contributed by atoms with Crippen molar-refractivity contribution in [2.75, 3.05) is 32.9 Å². The van der Waals surface area contributed by atoms with Crippen LogP contribution in [0.5, 0.6) is 0 Å². The van der Waals surface area contributed by atoms with Crippen molar-refractivity contribution in [2.24, 2.45) is 0 Å². The minimum absolute atomic E-state index is 0.134. The van der Waals surface area contributed by atoms with Gasteiger partial charge >= 0.3 is 6.18 Å². The predicted octanol–water partition coefficient (Wildman–Crippen LogP) is 0.936. The zero-order chi connectivity index (χ0) is 18.4. The summed E-state index contributed by atoms with van der Waals surface area (Å²) in [6.07, 6.45) is -4.46. The highest BCUT2D eigenvalue weighted by Crippen LogP contribution is 2.14. The third-order valence-electron chi connectivity index (χ3n) is 3.24. The van der Waals surface area contributed by atoms with Gasteiger partial charge < -0.3 is 19.7 Å². The molecule has 1 amide bonds. The number of nitrogens with one attached hydrogen (secondary N) is 1. The molecule has 2 N–H and O–H groups in total. The highest BCUT2D eigenvalue weighted by molar-refractivity contribution is 5.92. The smallest absolute Gasteiger partial charge is 0.395 e. The van der Waals surface area contributed by atoms with Crippen molar-refractivity contribution >= 4 is 16.8 Å². The number of hydrogen-bond donors (Lipinski definition) is 2. The molecule has 0 aliphatic heterocycles.